The highest BCUT2D eigenvalue weighted by molar-refractivity contribution is 5.49. The Morgan fingerprint density at radius 3 is 2.37 bits per heavy atom. The Bertz CT molecular complexity index is 428. The van der Waals surface area contributed by atoms with Crippen LogP contribution >= 0.6 is 0 Å². The minimum atomic E-state index is -4.25. The molecule has 7 heteroatoms. The summed E-state index contributed by atoms with van der Waals surface area (Å²) in [7, 11) is 0. The molecule has 2 N–H and O–H groups in total. The number of ether oxygens (including phenoxy) is 2. The molecular formula is C12H17F3N2O2. The van der Waals surface area contributed by atoms with E-state index in [1.807, 2.05) is 20.8 Å². The highest BCUT2D eigenvalue weighted by atomic mass is 19.4. The molecule has 0 aliphatic rings. The molecule has 0 aliphatic carbocycles. The van der Waals surface area contributed by atoms with E-state index in [-0.39, 0.29) is 11.8 Å². The molecule has 4 nitrogen and oxygen atoms in total. The second-order valence-corrected chi connectivity index (χ2v) is 4.97. The second kappa shape index (κ2) is 5.54. The normalized spacial score (nSPS) is 12.3. The zero-order valence-corrected chi connectivity index (χ0v) is 11.0. The van der Waals surface area contributed by atoms with E-state index in [2.05, 4.69) is 4.98 Å². The van der Waals surface area contributed by atoms with Gasteiger partial charge in [0, 0.05) is 6.07 Å². The number of nitrogens with zero attached hydrogens (tertiary/aromatic N) is 1. The van der Waals surface area contributed by atoms with Crippen molar-refractivity contribution in [3.63, 3.8) is 0 Å². The molecule has 0 radical (unpaired) electrons. The molecule has 0 bridgehead atoms. The second-order valence-electron chi connectivity index (χ2n) is 4.97. The largest absolute Gasteiger partial charge is 0.477 e. The zero-order valence-electron chi connectivity index (χ0n) is 11.0. The zero-order chi connectivity index (χ0) is 14.7. The van der Waals surface area contributed by atoms with E-state index in [4.69, 9.17) is 15.2 Å². The monoisotopic (exact) mass is 278 g/mol. The van der Waals surface area contributed by atoms with Crippen LogP contribution in [0.25, 0.3) is 0 Å². The van der Waals surface area contributed by atoms with Gasteiger partial charge >= 0.3 is 6.18 Å². The molecule has 1 rings (SSSR count). The average molecular weight is 278 g/mol. The van der Waals surface area contributed by atoms with Gasteiger partial charge in [-0.25, -0.2) is 0 Å². The summed E-state index contributed by atoms with van der Waals surface area (Å²) in [6.45, 7) is 4.94. The third kappa shape index (κ3) is 6.17. The van der Waals surface area contributed by atoms with Crippen LogP contribution in [0.15, 0.2) is 12.1 Å². The van der Waals surface area contributed by atoms with Crippen LogP contribution in [-0.2, 0) is 0 Å². The summed E-state index contributed by atoms with van der Waals surface area (Å²) in [5.41, 5.74) is 5.47. The van der Waals surface area contributed by atoms with Gasteiger partial charge in [0.05, 0.1) is 18.7 Å². The molecule has 1 aromatic heterocycles. The lowest BCUT2D eigenvalue weighted by molar-refractivity contribution is -0.139. The van der Waals surface area contributed by atoms with E-state index < -0.39 is 24.8 Å². The van der Waals surface area contributed by atoms with Crippen molar-refractivity contribution in [2.24, 2.45) is 0 Å². The Labute approximate surface area is 109 Å². The smallest absolute Gasteiger partial charge is 0.392 e. The van der Waals surface area contributed by atoms with E-state index in [0.717, 1.165) is 0 Å². The number of alkyl halides is 3. The Kier molecular flexibility index (Phi) is 4.49. The number of hydrogen-bond acceptors (Lipinski definition) is 4. The van der Waals surface area contributed by atoms with Gasteiger partial charge in [-0.1, -0.05) is 0 Å². The lowest BCUT2D eigenvalue weighted by atomic mass is 10.2. The van der Waals surface area contributed by atoms with Gasteiger partial charge in [-0.2, -0.15) is 18.2 Å². The fraction of sp³-hybridized carbons (Fsp3) is 0.583. The van der Waals surface area contributed by atoms with E-state index in [0.29, 0.717) is 5.69 Å². The molecule has 108 valence electrons. The number of pyridine rings is 1. The Balaban J connectivity index is 2.68. The average Bonchev–Trinajstić information content (AvgIpc) is 2.19. The van der Waals surface area contributed by atoms with Gasteiger partial charge < -0.3 is 15.2 Å². The highest BCUT2D eigenvalue weighted by Gasteiger charge is 2.27. The van der Waals surface area contributed by atoms with Crippen molar-refractivity contribution in [2.45, 2.75) is 39.0 Å². The summed E-state index contributed by atoms with van der Waals surface area (Å²) < 4.78 is 46.3. The number of hydrogen-bond donors (Lipinski definition) is 1. The first kappa shape index (κ1) is 15.4. The maximum Gasteiger partial charge on any atom is 0.392 e. The minimum Gasteiger partial charge on any atom is -0.477 e. The SMILES string of the molecule is CC(C)(C)Oc1nc(OCCC(F)(F)F)ccc1N. The first-order chi connectivity index (χ1) is 8.57. The summed E-state index contributed by atoms with van der Waals surface area (Å²) in [5, 5.41) is 0. The van der Waals surface area contributed by atoms with Crippen LogP contribution in [0.3, 0.4) is 0 Å². The van der Waals surface area contributed by atoms with Crippen LogP contribution in [0.1, 0.15) is 27.2 Å². The Hall–Kier alpha value is -1.66. The molecule has 1 heterocycles. The van der Waals surface area contributed by atoms with Gasteiger partial charge in [0.1, 0.15) is 5.60 Å². The summed E-state index contributed by atoms with van der Waals surface area (Å²) in [4.78, 5) is 3.94. The summed E-state index contributed by atoms with van der Waals surface area (Å²) in [5.74, 6) is 0.203. The van der Waals surface area contributed by atoms with Crippen molar-refractivity contribution < 1.29 is 22.6 Å². The number of nitrogen functional groups attached to an aromatic ring is 1. The maximum absolute atomic E-state index is 12.0. The Morgan fingerprint density at radius 1 is 1.21 bits per heavy atom. The molecule has 0 atom stereocenters. The molecule has 0 spiro atoms. The van der Waals surface area contributed by atoms with Gasteiger partial charge in [-0.3, -0.25) is 0 Å². The fourth-order valence-electron chi connectivity index (χ4n) is 1.16. The van der Waals surface area contributed by atoms with Gasteiger partial charge in [0.2, 0.25) is 11.8 Å². The van der Waals surface area contributed by atoms with Crippen LogP contribution < -0.4 is 15.2 Å². The minimum absolute atomic E-state index is 0.0534. The summed E-state index contributed by atoms with van der Waals surface area (Å²) in [6, 6.07) is 2.89. The van der Waals surface area contributed by atoms with Gasteiger partial charge in [-0.05, 0) is 26.8 Å². The van der Waals surface area contributed by atoms with Gasteiger partial charge in [0.15, 0.2) is 0 Å². The maximum atomic E-state index is 12.0. The standard InChI is InChI=1S/C12H17F3N2O2/c1-11(2,3)19-10-8(16)4-5-9(17-10)18-7-6-12(13,14)15/h4-5H,6-7,16H2,1-3H3. The summed E-state index contributed by atoms with van der Waals surface area (Å²) in [6.07, 6.45) is -5.28. The molecule has 0 unspecified atom stereocenters. The third-order valence-corrected chi connectivity index (χ3v) is 1.90. The predicted molar refractivity (Wildman–Crippen MR) is 65.2 cm³/mol. The van der Waals surface area contributed by atoms with Crippen LogP contribution in [-0.4, -0.2) is 23.4 Å². The number of rotatable bonds is 4. The number of nitrogens with two attached hydrogens (primary N) is 1. The van der Waals surface area contributed by atoms with Crippen molar-refractivity contribution in [1.82, 2.24) is 4.98 Å². The van der Waals surface area contributed by atoms with E-state index in [9.17, 15) is 13.2 Å². The van der Waals surface area contributed by atoms with Crippen molar-refractivity contribution in [1.29, 1.82) is 0 Å². The highest BCUT2D eigenvalue weighted by Crippen LogP contribution is 2.26. The van der Waals surface area contributed by atoms with Crippen LogP contribution in [0.4, 0.5) is 18.9 Å². The third-order valence-electron chi connectivity index (χ3n) is 1.90. The topological polar surface area (TPSA) is 57.4 Å². The molecule has 0 fully saturated rings. The molecule has 19 heavy (non-hydrogen) atoms. The van der Waals surface area contributed by atoms with Gasteiger partial charge in [0.25, 0.3) is 0 Å². The molecule has 0 aliphatic heterocycles. The molecule has 0 amide bonds. The van der Waals surface area contributed by atoms with Crippen molar-refractivity contribution in [2.75, 3.05) is 12.3 Å². The number of aromatic nitrogens is 1. The van der Waals surface area contributed by atoms with E-state index >= 15 is 0 Å². The van der Waals surface area contributed by atoms with Crippen LogP contribution in [0.5, 0.6) is 11.8 Å². The molecule has 0 saturated heterocycles. The van der Waals surface area contributed by atoms with E-state index in [1.54, 1.807) is 0 Å². The Morgan fingerprint density at radius 2 is 1.84 bits per heavy atom. The van der Waals surface area contributed by atoms with Crippen LogP contribution in [0.2, 0.25) is 0 Å². The lowest BCUT2D eigenvalue weighted by Gasteiger charge is -2.21. The molecule has 0 saturated carbocycles. The van der Waals surface area contributed by atoms with Crippen molar-refractivity contribution in [3.8, 4) is 11.8 Å². The molecule has 0 aromatic carbocycles. The summed E-state index contributed by atoms with van der Waals surface area (Å²) >= 11 is 0. The first-order valence-corrected chi connectivity index (χ1v) is 5.72. The fourth-order valence-corrected chi connectivity index (χ4v) is 1.16. The lowest BCUT2D eigenvalue weighted by Crippen LogP contribution is -2.24. The van der Waals surface area contributed by atoms with Crippen molar-refractivity contribution in [3.05, 3.63) is 12.1 Å². The van der Waals surface area contributed by atoms with Crippen molar-refractivity contribution >= 4 is 5.69 Å². The van der Waals surface area contributed by atoms with E-state index in [1.165, 1.54) is 12.1 Å². The van der Waals surface area contributed by atoms with Gasteiger partial charge in [-0.15, -0.1) is 0 Å². The quantitative estimate of drug-likeness (QED) is 0.919. The molecular weight excluding hydrogens is 261 g/mol. The number of halogens is 3. The first-order valence-electron chi connectivity index (χ1n) is 5.72. The molecule has 1 aromatic rings. The van der Waals surface area contributed by atoms with Crippen LogP contribution in [0, 0.1) is 0 Å². The number of anilines is 1. The predicted octanol–water partition coefficient (Wildman–Crippen LogP) is 3.17.